The predicted octanol–water partition coefficient (Wildman–Crippen LogP) is 2.61. The van der Waals surface area contributed by atoms with Gasteiger partial charge in [-0.1, -0.05) is 6.07 Å². The van der Waals surface area contributed by atoms with Crippen LogP contribution in [0, 0.1) is 13.8 Å². The molecule has 2 aromatic rings. The summed E-state index contributed by atoms with van der Waals surface area (Å²) >= 11 is 1.29. The van der Waals surface area contributed by atoms with Gasteiger partial charge in [0, 0.05) is 47.9 Å². The fourth-order valence-electron chi connectivity index (χ4n) is 7.89. The lowest BCUT2D eigenvalue weighted by Crippen LogP contribution is -2.69. The number of nitrogens with zero attached hydrogens (tertiary/aromatic N) is 2. The van der Waals surface area contributed by atoms with Gasteiger partial charge in [-0.3, -0.25) is 24.2 Å². The van der Waals surface area contributed by atoms with E-state index in [-0.39, 0.29) is 29.8 Å². The number of aliphatic hydroxyl groups excluding tert-OH is 2. The molecule has 0 saturated carbocycles. The first kappa shape index (κ1) is 33.3. The molecule has 14 heteroatoms. The van der Waals surface area contributed by atoms with Gasteiger partial charge in [-0.25, -0.2) is 0 Å². The van der Waals surface area contributed by atoms with Crippen molar-refractivity contribution in [1.82, 2.24) is 9.80 Å². The maximum absolute atomic E-state index is 12.7. The maximum Gasteiger partial charge on any atom is 0.308 e. The summed E-state index contributed by atoms with van der Waals surface area (Å²) in [5.74, 6) is -0.230. The van der Waals surface area contributed by atoms with Crippen molar-refractivity contribution in [2.75, 3.05) is 33.3 Å². The first-order valence-electron chi connectivity index (χ1n) is 15.4. The molecule has 0 radical (unpaired) electrons. The molecular weight excluding hydrogens is 632 g/mol. The number of hydrogen-bond donors (Lipinski definition) is 3. The largest absolute Gasteiger partial charge is 0.504 e. The lowest BCUT2D eigenvalue weighted by molar-refractivity contribution is -0.178. The molecule has 13 nitrogen and oxygen atoms in total. The van der Waals surface area contributed by atoms with Crippen LogP contribution in [0.2, 0.25) is 0 Å². The number of ketones is 1. The predicted molar refractivity (Wildman–Crippen MR) is 169 cm³/mol. The molecule has 4 heterocycles. The third kappa shape index (κ3) is 5.21. The van der Waals surface area contributed by atoms with Gasteiger partial charge in [0.15, 0.2) is 34.9 Å². The van der Waals surface area contributed by atoms with Crippen molar-refractivity contribution in [3.8, 4) is 28.7 Å². The van der Waals surface area contributed by atoms with Crippen molar-refractivity contribution >= 4 is 29.5 Å². The van der Waals surface area contributed by atoms with Crippen LogP contribution in [0.15, 0.2) is 6.07 Å². The molecule has 2 bridgehead atoms. The van der Waals surface area contributed by atoms with E-state index >= 15 is 0 Å². The number of aryl methyl sites for hydroxylation is 1. The minimum Gasteiger partial charge on any atom is -0.504 e. The van der Waals surface area contributed by atoms with Gasteiger partial charge in [0.1, 0.15) is 12.0 Å². The van der Waals surface area contributed by atoms with Gasteiger partial charge in [-0.15, -0.1) is 11.8 Å². The Hall–Kier alpha value is -3.56. The molecule has 3 N–H and O–H groups in total. The summed E-state index contributed by atoms with van der Waals surface area (Å²) in [5, 5.41) is 34.3. The molecular formula is C33H40N2O11S. The van der Waals surface area contributed by atoms with Crippen LogP contribution in [0.25, 0.3) is 0 Å². The molecule has 254 valence electrons. The summed E-state index contributed by atoms with van der Waals surface area (Å²) in [4.78, 5) is 41.1. The Labute approximate surface area is 276 Å². The zero-order chi connectivity index (χ0) is 34.1. The first-order valence-corrected chi connectivity index (χ1v) is 16.5. The van der Waals surface area contributed by atoms with E-state index in [0.29, 0.717) is 45.9 Å². The minimum atomic E-state index is -1.10. The van der Waals surface area contributed by atoms with E-state index in [9.17, 15) is 29.7 Å². The number of carbonyl (C=O) groups excluding carboxylic acids is 3. The number of phenolic OH excluding ortho intramolecular Hbond substituents is 1. The summed E-state index contributed by atoms with van der Waals surface area (Å²) in [5.41, 5.74) is 3.76. The van der Waals surface area contributed by atoms with Crippen molar-refractivity contribution in [3.05, 3.63) is 39.4 Å². The van der Waals surface area contributed by atoms with Gasteiger partial charge >= 0.3 is 11.9 Å². The lowest BCUT2D eigenvalue weighted by atomic mass is 9.73. The second-order valence-electron chi connectivity index (χ2n) is 12.5. The number of aliphatic hydroxyl groups is 2. The molecule has 2 unspecified atom stereocenters. The van der Waals surface area contributed by atoms with Crippen LogP contribution in [0.1, 0.15) is 71.5 Å². The molecule has 1 saturated heterocycles. The summed E-state index contributed by atoms with van der Waals surface area (Å²) in [6, 6.07) is -0.546. The second kappa shape index (κ2) is 12.5. The van der Waals surface area contributed by atoms with Gasteiger partial charge in [-0.2, -0.15) is 0 Å². The zero-order valence-corrected chi connectivity index (χ0v) is 28.2. The van der Waals surface area contributed by atoms with Crippen LogP contribution in [0.3, 0.4) is 0 Å². The van der Waals surface area contributed by atoms with E-state index < -0.39 is 60.3 Å². The molecule has 1 fully saturated rings. The topological polar surface area (TPSA) is 165 Å². The number of thioether (sulfide) groups is 1. The Morgan fingerprint density at radius 3 is 2.38 bits per heavy atom. The van der Waals surface area contributed by atoms with Crippen LogP contribution in [0.5, 0.6) is 28.7 Å². The van der Waals surface area contributed by atoms with E-state index in [2.05, 4.69) is 0 Å². The number of benzene rings is 2. The Kier molecular flexibility index (Phi) is 8.85. The number of carbonyl (C=O) groups is 3. The number of hydrogen-bond acceptors (Lipinski definition) is 14. The molecule has 0 spiro atoms. The molecule has 0 amide bonds. The Bertz CT molecular complexity index is 1650. The van der Waals surface area contributed by atoms with Gasteiger partial charge in [0.25, 0.3) is 0 Å². The van der Waals surface area contributed by atoms with Gasteiger partial charge in [0.2, 0.25) is 6.79 Å². The molecule has 47 heavy (non-hydrogen) atoms. The Balaban J connectivity index is 1.65. The van der Waals surface area contributed by atoms with Crippen LogP contribution < -0.4 is 18.9 Å². The van der Waals surface area contributed by atoms with E-state index in [1.807, 2.05) is 29.8 Å². The zero-order valence-electron chi connectivity index (χ0n) is 27.4. The highest BCUT2D eigenvalue weighted by atomic mass is 32.2. The maximum atomic E-state index is 12.7. The van der Waals surface area contributed by atoms with Gasteiger partial charge in [0.05, 0.1) is 37.1 Å². The normalized spacial score (nSPS) is 26.5. The van der Waals surface area contributed by atoms with Crippen LogP contribution in [-0.4, -0.2) is 101 Å². The standard InChI is InChI=1S/C33H40N2O11S/c1-13-8-18-9-19-33(41)35-20(10-36)23-24(29(46-17(5)39)14(2)30-31(23)44-12-43-30)32(47-11-21(15(3)37)45-16(4)38)26(35)25(34(19)6)22(18)27(40)28(13)42-7/h8,19-21,25-26,32-33,36,40-41H,9-12H2,1-7H3/t19-,20-,21-,25+,26?,32+,33?/m0/s1. The molecule has 4 aliphatic rings. The van der Waals surface area contributed by atoms with Crippen molar-refractivity contribution in [1.29, 1.82) is 0 Å². The second-order valence-corrected chi connectivity index (χ2v) is 13.7. The third-order valence-electron chi connectivity index (χ3n) is 9.74. The van der Waals surface area contributed by atoms with E-state index in [1.165, 1.54) is 39.6 Å². The van der Waals surface area contributed by atoms with Gasteiger partial charge < -0.3 is 39.0 Å². The third-order valence-corrected chi connectivity index (χ3v) is 11.1. The number of piperazine rings is 1. The average molecular weight is 673 g/mol. The number of esters is 2. The average Bonchev–Trinajstić information content (AvgIpc) is 3.49. The van der Waals surface area contributed by atoms with Crippen molar-refractivity contribution < 1.29 is 53.4 Å². The smallest absolute Gasteiger partial charge is 0.308 e. The van der Waals surface area contributed by atoms with E-state index in [4.69, 9.17) is 23.7 Å². The molecule has 7 atom stereocenters. The molecule has 2 aromatic carbocycles. The highest BCUT2D eigenvalue weighted by molar-refractivity contribution is 7.99. The Morgan fingerprint density at radius 1 is 1.06 bits per heavy atom. The van der Waals surface area contributed by atoms with Crippen molar-refractivity contribution in [3.63, 3.8) is 0 Å². The number of aromatic hydroxyl groups is 1. The summed E-state index contributed by atoms with van der Waals surface area (Å²) in [6.45, 7) is 6.93. The number of likely N-dealkylation sites (N-methyl/N-ethyl adjacent to an activating group) is 1. The molecule has 6 rings (SSSR count). The van der Waals surface area contributed by atoms with Crippen molar-refractivity contribution in [2.45, 2.75) is 82.8 Å². The first-order chi connectivity index (χ1) is 22.3. The van der Waals surface area contributed by atoms with E-state index in [0.717, 1.165) is 11.1 Å². The fourth-order valence-corrected chi connectivity index (χ4v) is 9.46. The molecule has 4 aliphatic heterocycles. The number of Topliss-reactive ketones (excluding diaryl/α,β-unsaturated/α-hetero) is 1. The molecule has 0 aliphatic carbocycles. The number of rotatable bonds is 8. The summed E-state index contributed by atoms with van der Waals surface area (Å²) in [6.07, 6.45) is -1.76. The van der Waals surface area contributed by atoms with Crippen LogP contribution in [-0.2, 0) is 25.5 Å². The quantitative estimate of drug-likeness (QED) is 0.277. The highest BCUT2D eigenvalue weighted by Gasteiger charge is 2.59. The Morgan fingerprint density at radius 2 is 1.77 bits per heavy atom. The number of phenols is 1. The number of methoxy groups -OCH3 is 1. The highest BCUT2D eigenvalue weighted by Crippen LogP contribution is 2.63. The SMILES string of the molecule is COc1c(C)cc2c(c1O)[C@@H]1C3[C@H](SC[C@H](OC(C)=O)C(C)=O)c4c(OC(C)=O)c(C)c5c(c4[C@H](CO)N3C(O)[C@H](C2)N1C)OCO5. The number of fused-ring (bicyclic) bond motifs is 9. The monoisotopic (exact) mass is 672 g/mol. The molecule has 0 aromatic heterocycles. The number of ether oxygens (including phenoxy) is 5. The van der Waals surface area contributed by atoms with Gasteiger partial charge in [-0.05, 0) is 45.4 Å². The lowest BCUT2D eigenvalue weighted by Gasteiger charge is -2.61. The summed E-state index contributed by atoms with van der Waals surface area (Å²) < 4.78 is 28.8. The summed E-state index contributed by atoms with van der Waals surface area (Å²) in [7, 11) is 3.37. The minimum absolute atomic E-state index is 0.0205. The van der Waals surface area contributed by atoms with E-state index in [1.54, 1.807) is 6.92 Å². The fraction of sp³-hybridized carbons (Fsp3) is 0.545. The van der Waals surface area contributed by atoms with Crippen molar-refractivity contribution in [2.24, 2.45) is 0 Å². The van der Waals surface area contributed by atoms with Crippen LogP contribution >= 0.6 is 11.8 Å². The van der Waals surface area contributed by atoms with Crippen LogP contribution in [0.4, 0.5) is 0 Å².